The fraction of sp³-hybridized carbons (Fsp3) is 0.688. The lowest BCUT2D eigenvalue weighted by Gasteiger charge is -2.36. The Labute approximate surface area is 136 Å². The summed E-state index contributed by atoms with van der Waals surface area (Å²) in [6.07, 6.45) is 6.80. The Hall–Kier alpha value is -1.73. The highest BCUT2D eigenvalue weighted by Gasteiger charge is 2.25. The van der Waals surface area contributed by atoms with Crippen LogP contribution in [0.5, 0.6) is 0 Å². The molecular weight excluding hydrogens is 292 g/mol. The van der Waals surface area contributed by atoms with E-state index in [0.29, 0.717) is 19.1 Å². The van der Waals surface area contributed by atoms with E-state index in [-0.39, 0.29) is 0 Å². The molecule has 2 aromatic rings. The van der Waals surface area contributed by atoms with Gasteiger partial charge < -0.3 is 5.11 Å². The van der Waals surface area contributed by atoms with Gasteiger partial charge in [0.1, 0.15) is 11.6 Å². The molecule has 126 valence electrons. The highest BCUT2D eigenvalue weighted by atomic mass is 16.3. The lowest BCUT2D eigenvalue weighted by atomic mass is 10.0. The van der Waals surface area contributed by atoms with Crippen molar-refractivity contribution in [1.29, 1.82) is 0 Å². The highest BCUT2D eigenvalue weighted by molar-refractivity contribution is 4.90. The maximum atomic E-state index is 10.4. The second-order valence-corrected chi connectivity index (χ2v) is 6.41. The Morgan fingerprint density at radius 2 is 2.17 bits per heavy atom. The smallest absolute Gasteiger partial charge is 0.147 e. The first-order valence-corrected chi connectivity index (χ1v) is 8.39. The minimum Gasteiger partial charge on any atom is -0.390 e. The molecule has 0 spiro atoms. The van der Waals surface area contributed by atoms with E-state index >= 15 is 0 Å². The van der Waals surface area contributed by atoms with E-state index < -0.39 is 6.10 Å². The van der Waals surface area contributed by atoms with Crippen LogP contribution in [0.1, 0.15) is 30.9 Å². The lowest BCUT2D eigenvalue weighted by molar-refractivity contribution is 0.0493. The van der Waals surface area contributed by atoms with Crippen molar-refractivity contribution in [3.05, 3.63) is 30.1 Å². The van der Waals surface area contributed by atoms with Gasteiger partial charge in [-0.3, -0.25) is 9.58 Å². The molecule has 0 aliphatic carbocycles. The number of hydrogen-bond donors (Lipinski definition) is 1. The molecule has 0 bridgehead atoms. The predicted octanol–water partition coefficient (Wildman–Crippen LogP) is 1.01. The van der Waals surface area contributed by atoms with Gasteiger partial charge in [-0.1, -0.05) is 6.42 Å². The number of β-amino-alcohol motifs (C(OH)–C–C–N with tert-alkyl or cyclic N) is 1. The topological polar surface area (TPSA) is 72.0 Å². The number of piperidine rings is 1. The third kappa shape index (κ3) is 4.17. The first-order chi connectivity index (χ1) is 11.1. The number of aromatic nitrogens is 5. The summed E-state index contributed by atoms with van der Waals surface area (Å²) in [4.78, 5) is 6.78. The van der Waals surface area contributed by atoms with Crippen LogP contribution in [0, 0.1) is 13.8 Å². The maximum Gasteiger partial charge on any atom is 0.147 e. The average molecular weight is 318 g/mol. The van der Waals surface area contributed by atoms with Crippen LogP contribution >= 0.6 is 0 Å². The molecule has 3 heterocycles. The van der Waals surface area contributed by atoms with E-state index in [2.05, 4.69) is 20.1 Å². The molecule has 1 aliphatic heterocycles. The lowest BCUT2D eigenvalue weighted by Crippen LogP contribution is -2.46. The normalized spacial score (nSPS) is 20.7. The summed E-state index contributed by atoms with van der Waals surface area (Å²) in [5.74, 6) is 1.79. The van der Waals surface area contributed by atoms with Crippen LogP contribution in [0.3, 0.4) is 0 Å². The van der Waals surface area contributed by atoms with Gasteiger partial charge in [-0.15, -0.1) is 0 Å². The van der Waals surface area contributed by atoms with Crippen LogP contribution in [0.2, 0.25) is 0 Å². The summed E-state index contributed by atoms with van der Waals surface area (Å²) in [5.41, 5.74) is 0. The molecule has 2 atom stereocenters. The maximum absolute atomic E-state index is 10.4. The summed E-state index contributed by atoms with van der Waals surface area (Å²) in [6, 6.07) is 2.29. The second kappa shape index (κ2) is 7.23. The number of aliphatic hydroxyl groups excluding tert-OH is 1. The fourth-order valence-electron chi connectivity index (χ4n) is 3.39. The van der Waals surface area contributed by atoms with Gasteiger partial charge in [0.15, 0.2) is 0 Å². The van der Waals surface area contributed by atoms with E-state index in [1.807, 2.05) is 30.8 Å². The van der Waals surface area contributed by atoms with Crippen molar-refractivity contribution in [3.8, 4) is 0 Å². The summed E-state index contributed by atoms with van der Waals surface area (Å²) in [7, 11) is 0. The van der Waals surface area contributed by atoms with Crippen LogP contribution < -0.4 is 0 Å². The summed E-state index contributed by atoms with van der Waals surface area (Å²) >= 11 is 0. The molecule has 7 nitrogen and oxygen atoms in total. The van der Waals surface area contributed by atoms with E-state index in [0.717, 1.165) is 31.2 Å². The van der Waals surface area contributed by atoms with Crippen LogP contribution in [0.15, 0.2) is 18.5 Å². The molecule has 0 unspecified atom stereocenters. The first-order valence-electron chi connectivity index (χ1n) is 8.39. The third-order valence-electron chi connectivity index (χ3n) is 4.50. The van der Waals surface area contributed by atoms with E-state index in [1.54, 1.807) is 10.9 Å². The molecule has 1 aliphatic rings. The zero-order valence-corrected chi connectivity index (χ0v) is 14.0. The van der Waals surface area contributed by atoms with Gasteiger partial charge in [0.05, 0.1) is 19.2 Å². The third-order valence-corrected chi connectivity index (χ3v) is 4.50. The summed E-state index contributed by atoms with van der Waals surface area (Å²) < 4.78 is 3.78. The van der Waals surface area contributed by atoms with Gasteiger partial charge >= 0.3 is 0 Å². The fourth-order valence-corrected chi connectivity index (χ4v) is 3.39. The zero-order chi connectivity index (χ0) is 16.2. The van der Waals surface area contributed by atoms with Crippen molar-refractivity contribution in [1.82, 2.24) is 29.4 Å². The van der Waals surface area contributed by atoms with Gasteiger partial charge in [0, 0.05) is 25.0 Å². The molecule has 0 radical (unpaired) electrons. The predicted molar refractivity (Wildman–Crippen MR) is 86.9 cm³/mol. The number of aliphatic hydroxyl groups is 1. The van der Waals surface area contributed by atoms with Crippen molar-refractivity contribution in [2.24, 2.45) is 0 Å². The van der Waals surface area contributed by atoms with Crippen molar-refractivity contribution < 1.29 is 5.11 Å². The molecule has 2 aromatic heterocycles. The van der Waals surface area contributed by atoms with Crippen molar-refractivity contribution in [3.63, 3.8) is 0 Å². The molecule has 23 heavy (non-hydrogen) atoms. The molecule has 0 amide bonds. The first kappa shape index (κ1) is 16.1. The molecule has 1 N–H and O–H groups in total. The molecule has 0 saturated carbocycles. The molecule has 1 fully saturated rings. The molecular formula is C16H26N6O. The van der Waals surface area contributed by atoms with Gasteiger partial charge in [-0.25, -0.2) is 9.67 Å². The van der Waals surface area contributed by atoms with Crippen LogP contribution in [-0.4, -0.2) is 59.8 Å². The van der Waals surface area contributed by atoms with Gasteiger partial charge in [0.2, 0.25) is 0 Å². The minimum absolute atomic E-state index is 0.408. The van der Waals surface area contributed by atoms with E-state index in [9.17, 15) is 5.11 Å². The Balaban J connectivity index is 1.60. The van der Waals surface area contributed by atoms with Crippen molar-refractivity contribution >= 4 is 0 Å². The van der Waals surface area contributed by atoms with Crippen molar-refractivity contribution in [2.45, 2.75) is 58.3 Å². The van der Waals surface area contributed by atoms with Gasteiger partial charge in [0.25, 0.3) is 0 Å². The number of hydrogen-bond acceptors (Lipinski definition) is 5. The second-order valence-electron chi connectivity index (χ2n) is 6.41. The highest BCUT2D eigenvalue weighted by Crippen LogP contribution is 2.19. The zero-order valence-electron chi connectivity index (χ0n) is 14.0. The SMILES string of the molecule is Cc1nc(C)n(C[C@H]2CCCCN2C[C@@H](O)Cn2cccn2)n1. The van der Waals surface area contributed by atoms with Crippen LogP contribution in [-0.2, 0) is 13.1 Å². The Morgan fingerprint density at radius 3 is 2.87 bits per heavy atom. The van der Waals surface area contributed by atoms with Crippen LogP contribution in [0.4, 0.5) is 0 Å². The Morgan fingerprint density at radius 1 is 1.30 bits per heavy atom. The average Bonchev–Trinajstić information content (AvgIpc) is 3.11. The molecule has 3 rings (SSSR count). The molecule has 0 aromatic carbocycles. The Bertz CT molecular complexity index is 608. The number of rotatable bonds is 6. The van der Waals surface area contributed by atoms with Gasteiger partial charge in [-0.2, -0.15) is 10.2 Å². The summed E-state index contributed by atoms with van der Waals surface area (Å²) in [5, 5.41) is 19.0. The molecule has 1 saturated heterocycles. The van der Waals surface area contributed by atoms with Crippen LogP contribution in [0.25, 0.3) is 0 Å². The quantitative estimate of drug-likeness (QED) is 0.860. The number of aryl methyl sites for hydroxylation is 2. The standard InChI is InChI=1S/C16H26N6O/c1-13-18-14(2)22(19-13)10-15-6-3-4-8-20(15)11-16(23)12-21-9-5-7-17-21/h5,7,9,15-16,23H,3-4,6,8,10-12H2,1-2H3/t15-,16-/m1/s1. The number of nitrogens with zero attached hydrogens (tertiary/aromatic N) is 6. The summed E-state index contributed by atoms with van der Waals surface area (Å²) in [6.45, 7) is 7.03. The Kier molecular flexibility index (Phi) is 5.07. The number of likely N-dealkylation sites (tertiary alicyclic amines) is 1. The monoisotopic (exact) mass is 318 g/mol. The van der Waals surface area contributed by atoms with Gasteiger partial charge in [-0.05, 0) is 39.3 Å². The van der Waals surface area contributed by atoms with Crippen molar-refractivity contribution in [2.75, 3.05) is 13.1 Å². The molecule has 7 heteroatoms. The largest absolute Gasteiger partial charge is 0.390 e. The van der Waals surface area contributed by atoms with E-state index in [4.69, 9.17) is 0 Å². The van der Waals surface area contributed by atoms with E-state index in [1.165, 1.54) is 12.8 Å². The minimum atomic E-state index is -0.408.